The number of methoxy groups -OCH3 is 1. The average Bonchev–Trinajstić information content (AvgIpc) is 2.59. The molecule has 1 saturated heterocycles. The zero-order valence-electron chi connectivity index (χ0n) is 14.3. The molecular weight excluding hydrogens is 391 g/mol. The van der Waals surface area contributed by atoms with E-state index in [-0.39, 0.29) is 22.6 Å². The van der Waals surface area contributed by atoms with E-state index in [1.807, 2.05) is 0 Å². The van der Waals surface area contributed by atoms with Crippen LogP contribution in [0.15, 0.2) is 0 Å². The van der Waals surface area contributed by atoms with Crippen LogP contribution in [-0.2, 0) is 20.6 Å². The molecule has 1 aromatic carbocycles. The van der Waals surface area contributed by atoms with Crippen molar-refractivity contribution in [2.75, 3.05) is 7.11 Å². The summed E-state index contributed by atoms with van der Waals surface area (Å²) < 4.78 is 15.5. The number of aliphatic hydroxyl groups is 2. The van der Waals surface area contributed by atoms with Crippen LogP contribution in [0.4, 0.5) is 0 Å². The number of phenols is 2. The van der Waals surface area contributed by atoms with Gasteiger partial charge in [-0.1, -0.05) is 30.1 Å². The van der Waals surface area contributed by atoms with Crippen LogP contribution in [0.1, 0.15) is 29.8 Å². The SMILES string of the molecule is CCc1c(Cl)c(O)c(Cl)c(O)c1C(=O)O[C@H]1[C@H](O)[C@H](OC)C(O)O[C@@H]1C. The zero-order chi connectivity index (χ0) is 19.8. The van der Waals surface area contributed by atoms with E-state index in [1.165, 1.54) is 14.0 Å². The average molecular weight is 411 g/mol. The first-order valence-electron chi connectivity index (χ1n) is 7.82. The second kappa shape index (κ2) is 8.16. The van der Waals surface area contributed by atoms with Crippen LogP contribution < -0.4 is 0 Å². The van der Waals surface area contributed by atoms with Crippen LogP contribution >= 0.6 is 23.2 Å². The van der Waals surface area contributed by atoms with E-state index in [2.05, 4.69) is 0 Å². The highest BCUT2D eigenvalue weighted by Gasteiger charge is 2.46. The summed E-state index contributed by atoms with van der Waals surface area (Å²) in [5.74, 6) is -2.25. The van der Waals surface area contributed by atoms with Gasteiger partial charge in [-0.3, -0.25) is 0 Å². The maximum Gasteiger partial charge on any atom is 0.342 e. The summed E-state index contributed by atoms with van der Waals surface area (Å²) >= 11 is 11.8. The fourth-order valence-corrected chi connectivity index (χ4v) is 3.44. The second-order valence-corrected chi connectivity index (χ2v) is 6.58. The minimum absolute atomic E-state index is 0.137. The third-order valence-electron chi connectivity index (χ3n) is 4.27. The van der Waals surface area contributed by atoms with Crippen molar-refractivity contribution in [1.82, 2.24) is 0 Å². The third kappa shape index (κ3) is 3.58. The number of esters is 1. The normalized spacial score (nSPS) is 28.8. The quantitative estimate of drug-likeness (QED) is 0.551. The van der Waals surface area contributed by atoms with E-state index in [9.17, 15) is 25.2 Å². The van der Waals surface area contributed by atoms with Gasteiger partial charge in [-0.25, -0.2) is 4.79 Å². The molecule has 10 heteroatoms. The van der Waals surface area contributed by atoms with Gasteiger partial charge in [0.05, 0.1) is 11.1 Å². The number of carbonyl (C=O) groups is 1. The lowest BCUT2D eigenvalue weighted by Crippen LogP contribution is -2.58. The topological polar surface area (TPSA) is 126 Å². The molecule has 1 aromatic rings. The number of hydrogen-bond acceptors (Lipinski definition) is 8. The number of aromatic hydroxyl groups is 2. The van der Waals surface area contributed by atoms with E-state index in [4.69, 9.17) is 37.4 Å². The van der Waals surface area contributed by atoms with Crippen LogP contribution in [0.2, 0.25) is 10.0 Å². The number of rotatable bonds is 4. The molecule has 0 radical (unpaired) electrons. The van der Waals surface area contributed by atoms with E-state index in [0.29, 0.717) is 0 Å². The van der Waals surface area contributed by atoms with Crippen molar-refractivity contribution in [2.24, 2.45) is 0 Å². The highest BCUT2D eigenvalue weighted by Crippen LogP contribution is 2.44. The molecule has 0 aliphatic carbocycles. The van der Waals surface area contributed by atoms with E-state index >= 15 is 0 Å². The summed E-state index contributed by atoms with van der Waals surface area (Å²) in [6, 6.07) is 0. The van der Waals surface area contributed by atoms with Gasteiger partial charge in [-0.2, -0.15) is 0 Å². The molecule has 5 atom stereocenters. The Bertz CT molecular complexity index is 696. The highest BCUT2D eigenvalue weighted by molar-refractivity contribution is 6.39. The molecule has 1 heterocycles. The minimum atomic E-state index is -1.39. The monoisotopic (exact) mass is 410 g/mol. The standard InChI is InChI=1S/C16H20Cl2O8/c1-4-6-7(10(19)9(18)11(20)8(6)17)15(22)26-13-5(2)25-16(23)14(24-3)12(13)21/h5,12-14,16,19-21,23H,4H2,1-3H3/t5-,12+,13-,14+,16?/m1/s1. The molecule has 146 valence electrons. The summed E-state index contributed by atoms with van der Waals surface area (Å²) in [5, 5.41) is 39.4. The fraction of sp³-hybridized carbons (Fsp3) is 0.562. The van der Waals surface area contributed by atoms with Crippen LogP contribution in [0.5, 0.6) is 11.5 Å². The molecule has 26 heavy (non-hydrogen) atoms. The van der Waals surface area contributed by atoms with Gasteiger partial charge in [0, 0.05) is 7.11 Å². The Morgan fingerprint density at radius 3 is 2.31 bits per heavy atom. The smallest absolute Gasteiger partial charge is 0.342 e. The van der Waals surface area contributed by atoms with Gasteiger partial charge < -0.3 is 34.6 Å². The lowest BCUT2D eigenvalue weighted by atomic mass is 9.98. The van der Waals surface area contributed by atoms with Gasteiger partial charge in [-0.05, 0) is 18.9 Å². The third-order valence-corrected chi connectivity index (χ3v) is 5.04. The van der Waals surface area contributed by atoms with Gasteiger partial charge in [-0.15, -0.1) is 0 Å². The number of aliphatic hydroxyl groups excluding tert-OH is 2. The number of phenolic OH excluding ortho intramolecular Hbond substituents is 2. The molecule has 1 fully saturated rings. The lowest BCUT2D eigenvalue weighted by molar-refractivity contribution is -0.282. The van der Waals surface area contributed by atoms with Crippen molar-refractivity contribution in [2.45, 2.75) is 51.0 Å². The van der Waals surface area contributed by atoms with Crippen molar-refractivity contribution >= 4 is 29.2 Å². The number of halogens is 2. The Hall–Kier alpha value is -1.29. The Morgan fingerprint density at radius 2 is 1.77 bits per heavy atom. The first kappa shape index (κ1) is 21.0. The fourth-order valence-electron chi connectivity index (χ4n) is 2.88. The molecule has 4 N–H and O–H groups in total. The van der Waals surface area contributed by atoms with Crippen LogP contribution in [-0.4, -0.2) is 64.2 Å². The summed E-state index contributed by atoms with van der Waals surface area (Å²) in [7, 11) is 1.26. The number of carbonyl (C=O) groups excluding carboxylic acids is 1. The molecule has 1 aliphatic heterocycles. The van der Waals surface area contributed by atoms with Crippen LogP contribution in [0, 0.1) is 0 Å². The predicted molar refractivity (Wildman–Crippen MR) is 91.7 cm³/mol. The molecule has 1 unspecified atom stereocenters. The van der Waals surface area contributed by atoms with Crippen molar-refractivity contribution in [3.05, 3.63) is 21.2 Å². The summed E-state index contributed by atoms with van der Waals surface area (Å²) in [4.78, 5) is 12.6. The van der Waals surface area contributed by atoms with E-state index in [0.717, 1.165) is 0 Å². The number of benzene rings is 1. The summed E-state index contributed by atoms with van der Waals surface area (Å²) in [5.41, 5.74) is -0.182. The summed E-state index contributed by atoms with van der Waals surface area (Å²) in [6.07, 6.45) is -5.75. The first-order chi connectivity index (χ1) is 12.1. The molecule has 2 rings (SSSR count). The molecule has 0 aromatic heterocycles. The molecule has 0 bridgehead atoms. The number of ether oxygens (including phenoxy) is 3. The maximum absolute atomic E-state index is 12.6. The first-order valence-corrected chi connectivity index (χ1v) is 8.58. The summed E-state index contributed by atoms with van der Waals surface area (Å²) in [6.45, 7) is 3.15. The molecule has 8 nitrogen and oxygen atoms in total. The van der Waals surface area contributed by atoms with Gasteiger partial charge >= 0.3 is 5.97 Å². The largest absolute Gasteiger partial charge is 0.505 e. The second-order valence-electron chi connectivity index (χ2n) is 5.82. The van der Waals surface area contributed by atoms with Crippen molar-refractivity contribution in [3.63, 3.8) is 0 Å². The van der Waals surface area contributed by atoms with E-state index in [1.54, 1.807) is 6.92 Å². The van der Waals surface area contributed by atoms with Gasteiger partial charge in [0.1, 0.15) is 22.8 Å². The Balaban J connectivity index is 2.38. The molecule has 0 amide bonds. The lowest BCUT2D eigenvalue weighted by Gasteiger charge is -2.40. The van der Waals surface area contributed by atoms with Crippen LogP contribution in [0.3, 0.4) is 0 Å². The Labute approximate surface area is 159 Å². The van der Waals surface area contributed by atoms with Gasteiger partial charge in [0.15, 0.2) is 23.9 Å². The Morgan fingerprint density at radius 1 is 1.15 bits per heavy atom. The number of hydrogen-bond donors (Lipinski definition) is 4. The molecule has 1 aliphatic rings. The van der Waals surface area contributed by atoms with Crippen LogP contribution in [0.25, 0.3) is 0 Å². The predicted octanol–water partition coefficient (Wildman–Crippen LogP) is 1.61. The van der Waals surface area contributed by atoms with Crippen molar-refractivity contribution in [1.29, 1.82) is 0 Å². The van der Waals surface area contributed by atoms with Crippen molar-refractivity contribution in [3.8, 4) is 11.5 Å². The molecular formula is C16H20Cl2O8. The maximum atomic E-state index is 12.6. The van der Waals surface area contributed by atoms with Gasteiger partial charge in [0.2, 0.25) is 0 Å². The highest BCUT2D eigenvalue weighted by atomic mass is 35.5. The Kier molecular flexibility index (Phi) is 6.60. The minimum Gasteiger partial charge on any atom is -0.505 e. The van der Waals surface area contributed by atoms with Crippen molar-refractivity contribution < 1.29 is 39.4 Å². The zero-order valence-corrected chi connectivity index (χ0v) is 15.8. The molecule has 0 saturated carbocycles. The van der Waals surface area contributed by atoms with Gasteiger partial charge in [0.25, 0.3) is 0 Å². The molecule has 0 spiro atoms. The van der Waals surface area contributed by atoms with E-state index < -0.39 is 53.2 Å².